The van der Waals surface area contributed by atoms with E-state index in [9.17, 15) is 9.59 Å². The van der Waals surface area contributed by atoms with E-state index >= 15 is 0 Å². The predicted molar refractivity (Wildman–Crippen MR) is 108 cm³/mol. The Balaban J connectivity index is 1.70. The number of nitrogens with zero attached hydrogens (tertiary/aromatic N) is 2. The first-order valence-corrected chi connectivity index (χ1v) is 10.0. The van der Waals surface area contributed by atoms with Gasteiger partial charge in [-0.15, -0.1) is 11.8 Å². The number of carbonyl (C=O) groups is 2. The number of aromatic nitrogens is 2. The van der Waals surface area contributed by atoms with Crippen molar-refractivity contribution in [1.82, 2.24) is 15.1 Å². The summed E-state index contributed by atoms with van der Waals surface area (Å²) in [6.45, 7) is 4.01. The first-order chi connectivity index (χ1) is 13.5. The molecular formula is C20H22N4O3S. The number of anilines is 1. The van der Waals surface area contributed by atoms with Crippen LogP contribution in [0, 0.1) is 13.8 Å². The molecule has 2 aromatic heterocycles. The second-order valence-electron chi connectivity index (χ2n) is 6.27. The van der Waals surface area contributed by atoms with Gasteiger partial charge in [-0.3, -0.25) is 14.3 Å². The number of para-hydroxylation sites is 1. The van der Waals surface area contributed by atoms with Gasteiger partial charge in [-0.05, 0) is 50.4 Å². The fourth-order valence-electron chi connectivity index (χ4n) is 2.95. The van der Waals surface area contributed by atoms with Crippen LogP contribution in [-0.4, -0.2) is 34.4 Å². The molecule has 1 unspecified atom stereocenters. The zero-order valence-electron chi connectivity index (χ0n) is 15.9. The van der Waals surface area contributed by atoms with Crippen LogP contribution in [0.15, 0.2) is 58.0 Å². The van der Waals surface area contributed by atoms with Gasteiger partial charge >= 0.3 is 11.8 Å². The van der Waals surface area contributed by atoms with Crippen LogP contribution in [0.3, 0.4) is 0 Å². The summed E-state index contributed by atoms with van der Waals surface area (Å²) in [5.41, 5.74) is 2.41. The Morgan fingerprint density at radius 2 is 1.96 bits per heavy atom. The van der Waals surface area contributed by atoms with E-state index in [2.05, 4.69) is 15.7 Å². The van der Waals surface area contributed by atoms with Crippen LogP contribution in [0.2, 0.25) is 0 Å². The summed E-state index contributed by atoms with van der Waals surface area (Å²) in [5.74, 6) is -0.776. The molecule has 2 N–H and O–H groups in total. The van der Waals surface area contributed by atoms with Crippen molar-refractivity contribution in [2.24, 2.45) is 0 Å². The average Bonchev–Trinajstić information content (AvgIpc) is 3.32. The molecule has 0 aliphatic heterocycles. The summed E-state index contributed by atoms with van der Waals surface area (Å²) < 4.78 is 7.30. The van der Waals surface area contributed by atoms with Crippen molar-refractivity contribution in [3.63, 3.8) is 0 Å². The van der Waals surface area contributed by atoms with Gasteiger partial charge in [0.25, 0.3) is 0 Å². The van der Waals surface area contributed by atoms with Crippen LogP contribution in [0.1, 0.15) is 23.2 Å². The fraction of sp³-hybridized carbons (Fsp3) is 0.250. The maximum Gasteiger partial charge on any atom is 0.313 e. The largest absolute Gasteiger partial charge is 0.467 e. The SMILES string of the molecule is CSc1ccccc1NC(=O)C(=O)NCC(c1ccco1)n1nc(C)cc1C. The predicted octanol–water partition coefficient (Wildman–Crippen LogP) is 3.16. The summed E-state index contributed by atoms with van der Waals surface area (Å²) in [4.78, 5) is 25.5. The van der Waals surface area contributed by atoms with Crippen LogP contribution < -0.4 is 10.6 Å². The zero-order valence-corrected chi connectivity index (χ0v) is 16.7. The Hall–Kier alpha value is -3.00. The smallest absolute Gasteiger partial charge is 0.313 e. The van der Waals surface area contributed by atoms with Gasteiger partial charge in [-0.25, -0.2) is 0 Å². The highest BCUT2D eigenvalue weighted by Crippen LogP contribution is 2.24. The van der Waals surface area contributed by atoms with E-state index in [1.807, 2.05) is 50.4 Å². The Morgan fingerprint density at radius 1 is 1.18 bits per heavy atom. The van der Waals surface area contributed by atoms with Gasteiger partial charge < -0.3 is 15.1 Å². The summed E-state index contributed by atoms with van der Waals surface area (Å²) in [6, 6.07) is 12.5. The molecule has 0 saturated heterocycles. The van der Waals surface area contributed by atoms with Crippen molar-refractivity contribution in [3.05, 3.63) is 65.9 Å². The number of furan rings is 1. The van der Waals surface area contributed by atoms with E-state index < -0.39 is 11.8 Å². The quantitative estimate of drug-likeness (QED) is 0.492. The second-order valence-corrected chi connectivity index (χ2v) is 7.12. The van der Waals surface area contributed by atoms with Gasteiger partial charge in [0.15, 0.2) is 0 Å². The van der Waals surface area contributed by atoms with E-state index in [1.54, 1.807) is 23.1 Å². The Labute approximate surface area is 167 Å². The zero-order chi connectivity index (χ0) is 20.1. The molecule has 2 heterocycles. The molecule has 0 saturated carbocycles. The summed E-state index contributed by atoms with van der Waals surface area (Å²) in [5, 5.41) is 9.82. The van der Waals surface area contributed by atoms with Gasteiger partial charge in [0.1, 0.15) is 11.8 Å². The maximum absolute atomic E-state index is 12.4. The Morgan fingerprint density at radius 3 is 2.61 bits per heavy atom. The lowest BCUT2D eigenvalue weighted by Crippen LogP contribution is -2.39. The second kappa shape index (κ2) is 8.79. The lowest BCUT2D eigenvalue weighted by Gasteiger charge is -2.18. The highest BCUT2D eigenvalue weighted by atomic mass is 32.2. The third-order valence-corrected chi connectivity index (χ3v) is 5.02. The molecule has 28 heavy (non-hydrogen) atoms. The van der Waals surface area contributed by atoms with Crippen LogP contribution >= 0.6 is 11.8 Å². The number of hydrogen-bond donors (Lipinski definition) is 2. The van der Waals surface area contributed by atoms with E-state index in [0.717, 1.165) is 16.3 Å². The summed E-state index contributed by atoms with van der Waals surface area (Å²) in [6.07, 6.45) is 3.48. The van der Waals surface area contributed by atoms with E-state index in [4.69, 9.17) is 4.42 Å². The van der Waals surface area contributed by atoms with Crippen LogP contribution in [0.25, 0.3) is 0 Å². The van der Waals surface area contributed by atoms with Crippen molar-refractivity contribution in [3.8, 4) is 0 Å². The van der Waals surface area contributed by atoms with Gasteiger partial charge in [-0.1, -0.05) is 12.1 Å². The van der Waals surface area contributed by atoms with Gasteiger partial charge in [0, 0.05) is 17.1 Å². The molecule has 1 aromatic carbocycles. The third-order valence-electron chi connectivity index (χ3n) is 4.23. The lowest BCUT2D eigenvalue weighted by atomic mass is 10.2. The molecule has 146 valence electrons. The van der Waals surface area contributed by atoms with Crippen molar-refractivity contribution < 1.29 is 14.0 Å². The third kappa shape index (κ3) is 4.45. The normalized spacial score (nSPS) is 11.8. The van der Waals surface area contributed by atoms with E-state index in [-0.39, 0.29) is 12.6 Å². The topological polar surface area (TPSA) is 89.2 Å². The number of aryl methyl sites for hydroxylation is 2. The molecule has 0 aliphatic carbocycles. The number of nitrogens with one attached hydrogen (secondary N) is 2. The molecule has 7 nitrogen and oxygen atoms in total. The van der Waals surface area contributed by atoms with E-state index in [0.29, 0.717) is 11.4 Å². The van der Waals surface area contributed by atoms with Crippen LogP contribution in [0.5, 0.6) is 0 Å². The molecule has 0 fully saturated rings. The highest BCUT2D eigenvalue weighted by Gasteiger charge is 2.23. The van der Waals surface area contributed by atoms with Gasteiger partial charge in [0.05, 0.1) is 17.6 Å². The molecule has 0 bridgehead atoms. The summed E-state index contributed by atoms with van der Waals surface area (Å²) >= 11 is 1.50. The molecular weight excluding hydrogens is 376 g/mol. The molecule has 2 amide bonds. The molecule has 3 rings (SSSR count). The van der Waals surface area contributed by atoms with Crippen molar-refractivity contribution in [2.45, 2.75) is 24.8 Å². The minimum Gasteiger partial charge on any atom is -0.467 e. The average molecular weight is 398 g/mol. The van der Waals surface area contributed by atoms with E-state index in [1.165, 1.54) is 11.8 Å². The molecule has 1 atom stereocenters. The number of amides is 2. The number of rotatable bonds is 6. The van der Waals surface area contributed by atoms with Gasteiger partial charge in [-0.2, -0.15) is 5.10 Å². The Bertz CT molecular complexity index is 966. The number of hydrogen-bond acceptors (Lipinski definition) is 5. The monoisotopic (exact) mass is 398 g/mol. The van der Waals surface area contributed by atoms with Crippen LogP contribution in [-0.2, 0) is 9.59 Å². The van der Waals surface area contributed by atoms with Crippen LogP contribution in [0.4, 0.5) is 5.69 Å². The lowest BCUT2D eigenvalue weighted by molar-refractivity contribution is -0.136. The van der Waals surface area contributed by atoms with Gasteiger partial charge in [0.2, 0.25) is 0 Å². The molecule has 0 radical (unpaired) electrons. The molecule has 3 aromatic rings. The Kier molecular flexibility index (Phi) is 6.20. The fourth-order valence-corrected chi connectivity index (χ4v) is 3.50. The molecule has 0 aliphatic rings. The summed E-state index contributed by atoms with van der Waals surface area (Å²) in [7, 11) is 0. The number of thioether (sulfide) groups is 1. The number of benzene rings is 1. The minimum absolute atomic E-state index is 0.173. The first-order valence-electron chi connectivity index (χ1n) is 8.78. The maximum atomic E-state index is 12.4. The number of carbonyl (C=O) groups excluding carboxylic acids is 2. The van der Waals surface area contributed by atoms with Crippen molar-refractivity contribution in [1.29, 1.82) is 0 Å². The highest BCUT2D eigenvalue weighted by molar-refractivity contribution is 7.98. The van der Waals surface area contributed by atoms with Crippen molar-refractivity contribution in [2.75, 3.05) is 18.1 Å². The van der Waals surface area contributed by atoms with Crippen molar-refractivity contribution >= 4 is 29.3 Å². The first kappa shape index (κ1) is 19.8. The molecule has 8 heteroatoms. The standard InChI is InChI=1S/C20H22N4O3S/c1-13-11-14(2)24(23-13)16(17-8-6-10-27-17)12-21-19(25)20(26)22-15-7-4-5-9-18(15)28-3/h4-11,16H,12H2,1-3H3,(H,21,25)(H,22,26). The minimum atomic E-state index is -0.715. The molecule has 0 spiro atoms.